The molecule has 0 heterocycles. The molecule has 1 fully saturated rings. The lowest BCUT2D eigenvalue weighted by molar-refractivity contribution is -0.124. The van der Waals surface area contributed by atoms with Gasteiger partial charge in [0.25, 0.3) is 0 Å². The van der Waals surface area contributed by atoms with Crippen molar-refractivity contribution in [2.45, 2.75) is 78.3 Å². The zero-order valence-electron chi connectivity index (χ0n) is 12.7. The second-order valence-corrected chi connectivity index (χ2v) is 6.54. The van der Waals surface area contributed by atoms with E-state index < -0.39 is 0 Å². The largest absolute Gasteiger partial charge is 0.350 e. The lowest BCUT2D eigenvalue weighted by Crippen LogP contribution is -2.53. The van der Waals surface area contributed by atoms with Crippen molar-refractivity contribution in [3.63, 3.8) is 0 Å². The number of hydrogen-bond acceptors (Lipinski definition) is 2. The second kappa shape index (κ2) is 6.05. The lowest BCUT2D eigenvalue weighted by Gasteiger charge is -2.42. The molecule has 1 saturated carbocycles. The summed E-state index contributed by atoms with van der Waals surface area (Å²) < 4.78 is 0. The van der Waals surface area contributed by atoms with Gasteiger partial charge in [0.2, 0.25) is 5.91 Å². The third-order valence-electron chi connectivity index (χ3n) is 4.69. The summed E-state index contributed by atoms with van der Waals surface area (Å²) in [4.78, 5) is 12.1. The fourth-order valence-corrected chi connectivity index (χ4v) is 2.32. The van der Waals surface area contributed by atoms with Crippen LogP contribution in [0.4, 0.5) is 0 Å². The average molecular weight is 254 g/mol. The minimum atomic E-state index is -0.105. The van der Waals surface area contributed by atoms with Gasteiger partial charge in [0, 0.05) is 12.1 Å². The van der Waals surface area contributed by atoms with Crippen molar-refractivity contribution in [3.05, 3.63) is 0 Å². The van der Waals surface area contributed by atoms with Gasteiger partial charge < -0.3 is 10.6 Å². The van der Waals surface area contributed by atoms with Gasteiger partial charge in [-0.15, -0.1) is 0 Å². The highest BCUT2D eigenvalue weighted by atomic mass is 16.2. The van der Waals surface area contributed by atoms with Crippen LogP contribution in [-0.4, -0.2) is 24.0 Å². The van der Waals surface area contributed by atoms with E-state index in [9.17, 15) is 4.79 Å². The van der Waals surface area contributed by atoms with Crippen LogP contribution in [0.15, 0.2) is 0 Å². The fourth-order valence-electron chi connectivity index (χ4n) is 2.32. The van der Waals surface area contributed by atoms with Gasteiger partial charge in [-0.1, -0.05) is 20.3 Å². The molecule has 0 aliphatic heterocycles. The maximum Gasteiger partial charge on any atom is 0.237 e. The minimum Gasteiger partial charge on any atom is -0.350 e. The van der Waals surface area contributed by atoms with Crippen LogP contribution in [0.5, 0.6) is 0 Å². The Kier molecular flexibility index (Phi) is 5.20. The first-order valence-electron chi connectivity index (χ1n) is 7.39. The Morgan fingerprint density at radius 3 is 2.33 bits per heavy atom. The van der Waals surface area contributed by atoms with Crippen LogP contribution in [-0.2, 0) is 4.79 Å². The molecule has 1 amide bonds. The predicted octanol–water partition coefficient (Wildman–Crippen LogP) is 2.85. The summed E-state index contributed by atoms with van der Waals surface area (Å²) >= 11 is 0. The molecule has 3 nitrogen and oxygen atoms in total. The highest BCUT2D eigenvalue weighted by Crippen LogP contribution is 2.43. The molecular weight excluding hydrogens is 224 g/mol. The Morgan fingerprint density at radius 1 is 1.33 bits per heavy atom. The number of nitrogens with one attached hydrogen (secondary N) is 2. The van der Waals surface area contributed by atoms with E-state index in [2.05, 4.69) is 38.3 Å². The first kappa shape index (κ1) is 15.5. The summed E-state index contributed by atoms with van der Waals surface area (Å²) in [6.45, 7) is 11.4. The molecule has 0 bridgehead atoms. The average Bonchev–Trinajstić information content (AvgIpc) is 2.27. The van der Waals surface area contributed by atoms with E-state index in [1.165, 1.54) is 25.7 Å². The number of amides is 1. The van der Waals surface area contributed by atoms with Gasteiger partial charge in [-0.25, -0.2) is 0 Å². The molecule has 1 rings (SSSR count). The van der Waals surface area contributed by atoms with Crippen LogP contribution in [0, 0.1) is 5.41 Å². The molecule has 0 aromatic rings. The Morgan fingerprint density at radius 2 is 1.94 bits per heavy atom. The maximum absolute atomic E-state index is 12.1. The molecule has 1 atom stereocenters. The van der Waals surface area contributed by atoms with E-state index in [0.717, 1.165) is 13.0 Å². The van der Waals surface area contributed by atoms with Crippen LogP contribution in [0.3, 0.4) is 0 Å². The third-order valence-corrected chi connectivity index (χ3v) is 4.69. The van der Waals surface area contributed by atoms with Gasteiger partial charge in [0.1, 0.15) is 0 Å². The first-order valence-corrected chi connectivity index (χ1v) is 7.39. The molecule has 0 aromatic carbocycles. The highest BCUT2D eigenvalue weighted by Gasteiger charge is 2.35. The van der Waals surface area contributed by atoms with E-state index >= 15 is 0 Å². The normalized spacial score (nSPS) is 20.1. The maximum atomic E-state index is 12.1. The number of rotatable bonds is 7. The summed E-state index contributed by atoms with van der Waals surface area (Å²) in [6.07, 6.45) is 6.13. The van der Waals surface area contributed by atoms with E-state index in [1.54, 1.807) is 0 Å². The lowest BCUT2D eigenvalue weighted by atomic mass is 9.67. The molecule has 1 aliphatic rings. The van der Waals surface area contributed by atoms with Crippen molar-refractivity contribution < 1.29 is 4.79 Å². The summed E-state index contributed by atoms with van der Waals surface area (Å²) in [7, 11) is 0. The molecule has 0 spiro atoms. The summed E-state index contributed by atoms with van der Waals surface area (Å²) in [5.74, 6) is 0.118. The van der Waals surface area contributed by atoms with Crippen molar-refractivity contribution in [2.75, 3.05) is 6.54 Å². The molecule has 1 aliphatic carbocycles. The monoisotopic (exact) mass is 254 g/mol. The summed E-state index contributed by atoms with van der Waals surface area (Å²) in [5.41, 5.74) is 0.362. The molecular formula is C15H30N2O. The van der Waals surface area contributed by atoms with Crippen molar-refractivity contribution in [1.29, 1.82) is 0 Å². The van der Waals surface area contributed by atoms with Crippen molar-refractivity contribution in [3.8, 4) is 0 Å². The topological polar surface area (TPSA) is 41.1 Å². The molecule has 18 heavy (non-hydrogen) atoms. The van der Waals surface area contributed by atoms with Crippen LogP contribution in [0.25, 0.3) is 0 Å². The molecule has 0 saturated heterocycles. The molecule has 2 N–H and O–H groups in total. The SMILES string of the molecule is CCC1(CNC(C)C(=O)NC(C)(C)CC)CCC1. The minimum absolute atomic E-state index is 0.0974. The zero-order chi connectivity index (χ0) is 13.8. The van der Waals surface area contributed by atoms with Gasteiger partial charge in [0.15, 0.2) is 0 Å². The van der Waals surface area contributed by atoms with Crippen molar-refractivity contribution in [2.24, 2.45) is 5.41 Å². The second-order valence-electron chi connectivity index (χ2n) is 6.54. The van der Waals surface area contributed by atoms with Crippen LogP contribution in [0.2, 0.25) is 0 Å². The van der Waals surface area contributed by atoms with Gasteiger partial charge in [0.05, 0.1) is 6.04 Å². The van der Waals surface area contributed by atoms with Gasteiger partial charge in [-0.05, 0) is 51.9 Å². The smallest absolute Gasteiger partial charge is 0.237 e. The van der Waals surface area contributed by atoms with Gasteiger partial charge >= 0.3 is 0 Å². The number of carbonyl (C=O) groups is 1. The van der Waals surface area contributed by atoms with Crippen LogP contribution >= 0.6 is 0 Å². The molecule has 1 unspecified atom stereocenters. The van der Waals surface area contributed by atoms with Gasteiger partial charge in [-0.2, -0.15) is 0 Å². The van der Waals surface area contributed by atoms with Crippen LogP contribution < -0.4 is 10.6 Å². The molecule has 0 aromatic heterocycles. The Hall–Kier alpha value is -0.570. The van der Waals surface area contributed by atoms with Crippen molar-refractivity contribution >= 4 is 5.91 Å². The molecule has 106 valence electrons. The highest BCUT2D eigenvalue weighted by molar-refractivity contribution is 5.81. The molecule has 3 heteroatoms. The number of carbonyl (C=O) groups excluding carboxylic acids is 1. The van der Waals surface area contributed by atoms with Gasteiger partial charge in [-0.3, -0.25) is 4.79 Å². The summed E-state index contributed by atoms with van der Waals surface area (Å²) in [5, 5.41) is 6.51. The Labute approximate surface area is 112 Å². The fraction of sp³-hybridized carbons (Fsp3) is 0.933. The van der Waals surface area contributed by atoms with E-state index in [4.69, 9.17) is 0 Å². The third kappa shape index (κ3) is 3.98. The quantitative estimate of drug-likeness (QED) is 0.733. The first-order chi connectivity index (χ1) is 8.34. The van der Waals surface area contributed by atoms with E-state index in [1.807, 2.05) is 6.92 Å². The van der Waals surface area contributed by atoms with E-state index in [0.29, 0.717) is 5.41 Å². The van der Waals surface area contributed by atoms with Crippen LogP contribution in [0.1, 0.15) is 66.7 Å². The predicted molar refractivity (Wildman–Crippen MR) is 76.6 cm³/mol. The summed E-state index contributed by atoms with van der Waals surface area (Å²) in [6, 6.07) is -0.0974. The Bertz CT molecular complexity index is 277. The standard InChI is InChI=1S/C15H30N2O/c1-6-14(4,5)17-13(18)12(3)16-11-15(7-2)9-8-10-15/h12,16H,6-11H2,1-5H3,(H,17,18). The zero-order valence-corrected chi connectivity index (χ0v) is 12.7. The Balaban J connectivity index is 2.36. The number of hydrogen-bond donors (Lipinski definition) is 2. The molecule has 0 radical (unpaired) electrons. The van der Waals surface area contributed by atoms with Crippen molar-refractivity contribution in [1.82, 2.24) is 10.6 Å². The van der Waals surface area contributed by atoms with E-state index in [-0.39, 0.29) is 17.5 Å².